The lowest BCUT2D eigenvalue weighted by atomic mass is 10.1. The summed E-state index contributed by atoms with van der Waals surface area (Å²) in [4.78, 5) is 10.0. The largest absolute Gasteiger partial charge is 0.490 e. The van der Waals surface area contributed by atoms with Crippen LogP contribution in [0.2, 0.25) is 0 Å². The monoisotopic (exact) mass is 357 g/mol. The summed E-state index contributed by atoms with van der Waals surface area (Å²) in [6.45, 7) is 0.130. The van der Waals surface area contributed by atoms with Gasteiger partial charge in [-0.1, -0.05) is 28.1 Å². The maximum atomic E-state index is 13.5. The molecule has 21 heavy (non-hydrogen) atoms. The van der Waals surface area contributed by atoms with Gasteiger partial charge in [0.2, 0.25) is 5.82 Å². The first-order valence-corrected chi connectivity index (χ1v) is 6.77. The maximum Gasteiger partial charge on any atom is 0.269 e. The summed E-state index contributed by atoms with van der Waals surface area (Å²) < 4.78 is 32.2. The molecule has 0 amide bonds. The van der Waals surface area contributed by atoms with E-state index in [0.717, 1.165) is 11.6 Å². The zero-order valence-corrected chi connectivity index (χ0v) is 12.3. The number of hydrogen-bond acceptors (Lipinski definition) is 3. The molecule has 2 aromatic rings. The van der Waals surface area contributed by atoms with Gasteiger partial charge in [0.05, 0.1) is 11.5 Å². The number of nitrogens with zero attached hydrogens (tertiary/aromatic N) is 1. The fourth-order valence-corrected chi connectivity index (χ4v) is 2.11. The molecule has 0 aliphatic carbocycles. The molecule has 0 radical (unpaired) electrons. The van der Waals surface area contributed by atoms with E-state index in [9.17, 15) is 18.9 Å². The molecule has 0 aromatic heterocycles. The summed E-state index contributed by atoms with van der Waals surface area (Å²) in [5.41, 5.74) is 0.802. The number of hydrogen-bond donors (Lipinski definition) is 0. The van der Waals surface area contributed by atoms with E-state index in [0.29, 0.717) is 10.9 Å². The van der Waals surface area contributed by atoms with Gasteiger partial charge in [-0.05, 0) is 17.7 Å². The highest BCUT2D eigenvalue weighted by Crippen LogP contribution is 2.25. The lowest BCUT2D eigenvalue weighted by molar-refractivity contribution is -0.384. The van der Waals surface area contributed by atoms with Crippen molar-refractivity contribution in [2.24, 2.45) is 0 Å². The number of halogens is 3. The summed E-state index contributed by atoms with van der Waals surface area (Å²) in [6, 6.07) is 8.31. The topological polar surface area (TPSA) is 52.4 Å². The molecule has 0 spiro atoms. The number of ether oxygens (including phenoxy) is 1. The van der Waals surface area contributed by atoms with E-state index >= 15 is 0 Å². The Bertz CT molecular complexity index is 662. The summed E-state index contributed by atoms with van der Waals surface area (Å²) in [6.07, 6.45) is 0.422. The fraction of sp³-hybridized carbons (Fsp3) is 0.143. The van der Waals surface area contributed by atoms with Crippen LogP contribution in [-0.4, -0.2) is 11.5 Å². The molecule has 2 aromatic carbocycles. The molecule has 0 heterocycles. The maximum absolute atomic E-state index is 13.5. The summed E-state index contributed by atoms with van der Waals surface area (Å²) in [5, 5.41) is 10.5. The van der Waals surface area contributed by atoms with Crippen molar-refractivity contribution in [3.05, 3.63) is 68.2 Å². The van der Waals surface area contributed by atoms with E-state index in [-0.39, 0.29) is 18.0 Å². The quantitative estimate of drug-likeness (QED) is 0.456. The molecule has 0 bridgehead atoms. The predicted molar refractivity (Wildman–Crippen MR) is 76.4 cm³/mol. The molecule has 0 aliphatic heterocycles. The average molecular weight is 358 g/mol. The first kappa shape index (κ1) is 15.4. The van der Waals surface area contributed by atoms with Crippen molar-refractivity contribution in [2.75, 3.05) is 6.61 Å². The predicted octanol–water partition coefficient (Wildman–Crippen LogP) is 4.26. The second-order valence-corrected chi connectivity index (χ2v) is 5.14. The number of benzene rings is 2. The molecule has 0 saturated carbocycles. The van der Waals surface area contributed by atoms with E-state index in [2.05, 4.69) is 15.9 Å². The van der Waals surface area contributed by atoms with Crippen LogP contribution >= 0.6 is 15.9 Å². The smallest absolute Gasteiger partial charge is 0.269 e. The zero-order valence-electron chi connectivity index (χ0n) is 10.7. The molecule has 7 heteroatoms. The third kappa shape index (κ3) is 3.98. The van der Waals surface area contributed by atoms with Crippen molar-refractivity contribution < 1.29 is 18.4 Å². The van der Waals surface area contributed by atoms with Gasteiger partial charge in [-0.15, -0.1) is 0 Å². The molecule has 0 fully saturated rings. The first-order chi connectivity index (χ1) is 9.97. The normalized spacial score (nSPS) is 10.4. The number of non-ortho nitro benzene ring substituents is 1. The minimum absolute atomic E-state index is 0.000209. The number of rotatable bonds is 5. The molecule has 0 N–H and O–H groups in total. The van der Waals surface area contributed by atoms with Crippen molar-refractivity contribution in [2.45, 2.75) is 6.42 Å². The van der Waals surface area contributed by atoms with Gasteiger partial charge in [-0.2, -0.15) is 4.39 Å². The van der Waals surface area contributed by atoms with Crippen molar-refractivity contribution in [1.29, 1.82) is 0 Å². The third-order valence-electron chi connectivity index (χ3n) is 2.76. The molecule has 4 nitrogen and oxygen atoms in total. The first-order valence-electron chi connectivity index (χ1n) is 5.98. The molecule has 0 atom stereocenters. The van der Waals surface area contributed by atoms with Crippen molar-refractivity contribution in [3.63, 3.8) is 0 Å². The van der Waals surface area contributed by atoms with Crippen LogP contribution in [0.4, 0.5) is 14.5 Å². The average Bonchev–Trinajstić information content (AvgIpc) is 2.44. The minimum Gasteiger partial charge on any atom is -0.490 e. The molecule has 2 rings (SSSR count). The fourth-order valence-electron chi connectivity index (χ4n) is 1.70. The second-order valence-electron chi connectivity index (χ2n) is 4.22. The van der Waals surface area contributed by atoms with Crippen molar-refractivity contribution in [1.82, 2.24) is 0 Å². The highest BCUT2D eigenvalue weighted by Gasteiger charge is 2.11. The van der Waals surface area contributed by atoms with E-state index < -0.39 is 16.6 Å². The molecular formula is C14H10BrF2NO3. The van der Waals surface area contributed by atoms with Crippen LogP contribution < -0.4 is 4.74 Å². The lowest BCUT2D eigenvalue weighted by Gasteiger charge is -2.08. The van der Waals surface area contributed by atoms with Gasteiger partial charge < -0.3 is 4.74 Å². The molecule has 110 valence electrons. The summed E-state index contributed by atoms with van der Waals surface area (Å²) in [7, 11) is 0. The molecule has 0 saturated heterocycles. The summed E-state index contributed by atoms with van der Waals surface area (Å²) in [5.74, 6) is -2.21. The standard InChI is InChI=1S/C14H10BrF2NO3/c15-10-7-12(16)14(17)13(8-10)21-6-5-9-1-3-11(4-2-9)18(19)20/h1-4,7-8H,5-6H2. The van der Waals surface area contributed by atoms with Crippen LogP contribution in [-0.2, 0) is 6.42 Å². The highest BCUT2D eigenvalue weighted by atomic mass is 79.9. The van der Waals surface area contributed by atoms with Gasteiger partial charge in [0.15, 0.2) is 11.6 Å². The van der Waals surface area contributed by atoms with Crippen LogP contribution in [0, 0.1) is 21.7 Å². The highest BCUT2D eigenvalue weighted by molar-refractivity contribution is 9.10. The van der Waals surface area contributed by atoms with Crippen molar-refractivity contribution >= 4 is 21.6 Å². The molecule has 0 aliphatic rings. The zero-order chi connectivity index (χ0) is 15.4. The Balaban J connectivity index is 1.97. The SMILES string of the molecule is O=[N+]([O-])c1ccc(CCOc2cc(Br)cc(F)c2F)cc1. The van der Waals surface area contributed by atoms with Crippen LogP contribution in [0.3, 0.4) is 0 Å². The van der Waals surface area contributed by atoms with Gasteiger partial charge in [-0.25, -0.2) is 4.39 Å². The number of nitro benzene ring substituents is 1. The summed E-state index contributed by atoms with van der Waals surface area (Å²) >= 11 is 3.05. The van der Waals surface area contributed by atoms with Gasteiger partial charge >= 0.3 is 0 Å². The lowest BCUT2D eigenvalue weighted by Crippen LogP contribution is -2.04. The Morgan fingerprint density at radius 3 is 2.48 bits per heavy atom. The van der Waals surface area contributed by atoms with E-state index in [1.807, 2.05) is 0 Å². The Morgan fingerprint density at radius 2 is 1.86 bits per heavy atom. The Morgan fingerprint density at radius 1 is 1.19 bits per heavy atom. The van der Waals surface area contributed by atoms with Gasteiger partial charge in [-0.3, -0.25) is 10.1 Å². The van der Waals surface area contributed by atoms with E-state index in [4.69, 9.17) is 4.74 Å². The van der Waals surface area contributed by atoms with Gasteiger partial charge in [0, 0.05) is 23.0 Å². The second kappa shape index (κ2) is 6.62. The van der Waals surface area contributed by atoms with Crippen LogP contribution in [0.15, 0.2) is 40.9 Å². The Kier molecular flexibility index (Phi) is 4.85. The molecule has 0 unspecified atom stereocenters. The van der Waals surface area contributed by atoms with Gasteiger partial charge in [0.25, 0.3) is 5.69 Å². The van der Waals surface area contributed by atoms with E-state index in [1.54, 1.807) is 12.1 Å². The minimum atomic E-state index is -1.04. The molecular weight excluding hydrogens is 348 g/mol. The van der Waals surface area contributed by atoms with Crippen LogP contribution in [0.5, 0.6) is 5.75 Å². The Labute approximate surface area is 127 Å². The van der Waals surface area contributed by atoms with Crippen LogP contribution in [0.1, 0.15) is 5.56 Å². The van der Waals surface area contributed by atoms with E-state index in [1.165, 1.54) is 18.2 Å². The number of nitro groups is 1. The van der Waals surface area contributed by atoms with Gasteiger partial charge in [0.1, 0.15) is 0 Å². The van der Waals surface area contributed by atoms with Crippen LogP contribution in [0.25, 0.3) is 0 Å². The Hall–Kier alpha value is -2.02. The van der Waals surface area contributed by atoms with Crippen molar-refractivity contribution in [3.8, 4) is 5.75 Å². The third-order valence-corrected chi connectivity index (χ3v) is 3.21.